The Kier molecular flexibility index (Phi) is 4.00. The summed E-state index contributed by atoms with van der Waals surface area (Å²) in [6, 6.07) is 6.67. The molecule has 19 heavy (non-hydrogen) atoms. The molecule has 0 unspecified atom stereocenters. The molecule has 1 aromatic carbocycles. The largest absolute Gasteiger partial charge is 0.478 e. The maximum atomic E-state index is 11.9. The van der Waals surface area contributed by atoms with Crippen molar-refractivity contribution in [1.82, 2.24) is 0 Å². The molecular weight excluding hydrogens is 242 g/mol. The van der Waals surface area contributed by atoms with Crippen LogP contribution in [0.25, 0.3) is 0 Å². The van der Waals surface area contributed by atoms with Crippen molar-refractivity contribution in [2.75, 3.05) is 5.32 Å². The summed E-state index contributed by atoms with van der Waals surface area (Å²) < 4.78 is 0. The molecule has 100 valence electrons. The molecule has 1 atom stereocenters. The molecule has 2 N–H and O–H groups in total. The van der Waals surface area contributed by atoms with Crippen molar-refractivity contribution in [2.24, 2.45) is 5.92 Å². The van der Waals surface area contributed by atoms with Crippen molar-refractivity contribution in [3.8, 4) is 0 Å². The van der Waals surface area contributed by atoms with Gasteiger partial charge < -0.3 is 10.4 Å². The van der Waals surface area contributed by atoms with Crippen molar-refractivity contribution in [1.29, 1.82) is 0 Å². The standard InChI is InChI=1S/C15H17NO3/c1-10-5-4-6-11(14(10)17)9-16-13-8-3-2-7-12(13)15(18)19/h2-3,7-10,16H,4-6H2,1H3,(H,18,19)/t10-/m1/s1. The van der Waals surface area contributed by atoms with Gasteiger partial charge in [-0.15, -0.1) is 0 Å². The highest BCUT2D eigenvalue weighted by molar-refractivity contribution is 5.98. The minimum atomic E-state index is -0.982. The number of hydrogen-bond donors (Lipinski definition) is 2. The van der Waals surface area contributed by atoms with Crippen LogP contribution in [-0.4, -0.2) is 16.9 Å². The van der Waals surface area contributed by atoms with Crippen LogP contribution in [-0.2, 0) is 4.79 Å². The number of carbonyl (C=O) groups excluding carboxylic acids is 1. The Morgan fingerprint density at radius 2 is 2.16 bits per heavy atom. The highest BCUT2D eigenvalue weighted by atomic mass is 16.4. The van der Waals surface area contributed by atoms with E-state index in [0.29, 0.717) is 5.69 Å². The lowest BCUT2D eigenvalue weighted by Gasteiger charge is -2.19. The van der Waals surface area contributed by atoms with E-state index in [9.17, 15) is 9.59 Å². The van der Waals surface area contributed by atoms with Crippen LogP contribution in [0.2, 0.25) is 0 Å². The number of carboxylic acid groups (broad SMARTS) is 1. The molecular formula is C15H17NO3. The molecule has 0 aromatic heterocycles. The summed E-state index contributed by atoms with van der Waals surface area (Å²) >= 11 is 0. The first-order valence-electron chi connectivity index (χ1n) is 6.41. The number of ketones is 1. The average Bonchev–Trinajstić information content (AvgIpc) is 2.40. The number of carboxylic acids is 1. The zero-order valence-corrected chi connectivity index (χ0v) is 10.8. The zero-order chi connectivity index (χ0) is 13.8. The summed E-state index contributed by atoms with van der Waals surface area (Å²) in [6.45, 7) is 1.93. The summed E-state index contributed by atoms with van der Waals surface area (Å²) in [4.78, 5) is 23.0. The zero-order valence-electron chi connectivity index (χ0n) is 10.8. The van der Waals surface area contributed by atoms with E-state index in [4.69, 9.17) is 5.11 Å². The number of para-hydroxylation sites is 1. The van der Waals surface area contributed by atoms with Crippen LogP contribution in [0.3, 0.4) is 0 Å². The lowest BCUT2D eigenvalue weighted by molar-refractivity contribution is -0.119. The quantitative estimate of drug-likeness (QED) is 0.819. The molecule has 0 aliphatic heterocycles. The monoisotopic (exact) mass is 259 g/mol. The molecule has 0 heterocycles. The molecule has 1 fully saturated rings. The lowest BCUT2D eigenvalue weighted by atomic mass is 9.86. The molecule has 1 aliphatic carbocycles. The van der Waals surface area contributed by atoms with Crippen LogP contribution in [0.4, 0.5) is 5.69 Å². The topological polar surface area (TPSA) is 66.4 Å². The Hall–Kier alpha value is -2.10. The van der Waals surface area contributed by atoms with E-state index in [1.807, 2.05) is 6.92 Å². The second kappa shape index (κ2) is 5.69. The maximum Gasteiger partial charge on any atom is 0.337 e. The number of aromatic carboxylic acids is 1. The molecule has 4 nitrogen and oxygen atoms in total. The van der Waals surface area contributed by atoms with Crippen molar-refractivity contribution >= 4 is 17.4 Å². The predicted molar refractivity (Wildman–Crippen MR) is 73.1 cm³/mol. The van der Waals surface area contributed by atoms with E-state index in [2.05, 4.69) is 5.32 Å². The van der Waals surface area contributed by atoms with Crippen LogP contribution in [0, 0.1) is 5.92 Å². The van der Waals surface area contributed by atoms with E-state index in [-0.39, 0.29) is 17.3 Å². The van der Waals surface area contributed by atoms with Gasteiger partial charge in [-0.3, -0.25) is 4.79 Å². The molecule has 1 saturated carbocycles. The van der Waals surface area contributed by atoms with Gasteiger partial charge in [0.2, 0.25) is 0 Å². The first-order chi connectivity index (χ1) is 9.09. The second-order valence-electron chi connectivity index (χ2n) is 4.82. The van der Waals surface area contributed by atoms with Gasteiger partial charge >= 0.3 is 5.97 Å². The fraction of sp³-hybridized carbons (Fsp3) is 0.333. The van der Waals surface area contributed by atoms with Gasteiger partial charge in [-0.1, -0.05) is 19.1 Å². The molecule has 0 amide bonds. The predicted octanol–water partition coefficient (Wildman–Crippen LogP) is 3.07. The Balaban J connectivity index is 2.18. The van der Waals surface area contributed by atoms with Gasteiger partial charge in [0.25, 0.3) is 0 Å². The molecule has 0 saturated heterocycles. The van der Waals surface area contributed by atoms with Crippen molar-refractivity contribution in [2.45, 2.75) is 26.2 Å². The fourth-order valence-electron chi connectivity index (χ4n) is 2.27. The van der Waals surface area contributed by atoms with Crippen molar-refractivity contribution < 1.29 is 14.7 Å². The van der Waals surface area contributed by atoms with Gasteiger partial charge in [-0.2, -0.15) is 0 Å². The third-order valence-electron chi connectivity index (χ3n) is 3.41. The van der Waals surface area contributed by atoms with E-state index in [1.165, 1.54) is 6.07 Å². The van der Waals surface area contributed by atoms with E-state index < -0.39 is 5.97 Å². The van der Waals surface area contributed by atoms with Gasteiger partial charge in [0, 0.05) is 17.7 Å². The van der Waals surface area contributed by atoms with Gasteiger partial charge in [0.15, 0.2) is 5.78 Å². The van der Waals surface area contributed by atoms with Crippen molar-refractivity contribution in [3.05, 3.63) is 41.6 Å². The molecule has 4 heteroatoms. The highest BCUT2D eigenvalue weighted by Crippen LogP contribution is 2.25. The van der Waals surface area contributed by atoms with Crippen LogP contribution < -0.4 is 5.32 Å². The van der Waals surface area contributed by atoms with Crippen molar-refractivity contribution in [3.63, 3.8) is 0 Å². The smallest absolute Gasteiger partial charge is 0.337 e. The number of allylic oxidation sites excluding steroid dienone is 1. The minimum absolute atomic E-state index is 0.0662. The summed E-state index contributed by atoms with van der Waals surface area (Å²) in [6.07, 6.45) is 4.34. The number of anilines is 1. The van der Waals surface area contributed by atoms with Crippen LogP contribution in [0.5, 0.6) is 0 Å². The van der Waals surface area contributed by atoms with Gasteiger partial charge in [-0.05, 0) is 31.4 Å². The van der Waals surface area contributed by atoms with E-state index >= 15 is 0 Å². The van der Waals surface area contributed by atoms with Crippen LogP contribution in [0.1, 0.15) is 36.5 Å². The fourth-order valence-corrected chi connectivity index (χ4v) is 2.27. The van der Waals surface area contributed by atoms with Gasteiger partial charge in [-0.25, -0.2) is 4.79 Å². The third kappa shape index (κ3) is 3.02. The number of benzene rings is 1. The Morgan fingerprint density at radius 3 is 2.89 bits per heavy atom. The number of Topliss-reactive ketones (excluding diaryl/α,β-unsaturated/α-hetero) is 1. The Labute approximate surface area is 112 Å². The normalized spacial score (nSPS) is 21.4. The number of nitrogens with one attached hydrogen (secondary N) is 1. The summed E-state index contributed by atoms with van der Waals surface area (Å²) in [7, 11) is 0. The summed E-state index contributed by atoms with van der Waals surface area (Å²) in [5.74, 6) is -0.757. The van der Waals surface area contributed by atoms with Gasteiger partial charge in [0.1, 0.15) is 0 Å². The van der Waals surface area contributed by atoms with Crippen LogP contribution in [0.15, 0.2) is 36.0 Å². The first kappa shape index (κ1) is 13.3. The molecule has 0 bridgehead atoms. The third-order valence-corrected chi connectivity index (χ3v) is 3.41. The molecule has 1 aliphatic rings. The lowest BCUT2D eigenvalue weighted by Crippen LogP contribution is -2.19. The van der Waals surface area contributed by atoms with E-state index in [0.717, 1.165) is 24.8 Å². The Bertz CT molecular complexity index is 534. The van der Waals surface area contributed by atoms with Gasteiger partial charge in [0.05, 0.1) is 11.3 Å². The SMILES string of the molecule is C[C@@H]1CCCC(=CNc2ccccc2C(=O)O)C1=O. The molecule has 2 rings (SSSR count). The maximum absolute atomic E-state index is 11.9. The minimum Gasteiger partial charge on any atom is -0.478 e. The molecule has 0 radical (unpaired) electrons. The number of rotatable bonds is 3. The number of hydrogen-bond acceptors (Lipinski definition) is 3. The summed E-state index contributed by atoms with van der Waals surface area (Å²) in [5, 5.41) is 12.0. The average molecular weight is 259 g/mol. The second-order valence-corrected chi connectivity index (χ2v) is 4.82. The first-order valence-corrected chi connectivity index (χ1v) is 6.41. The number of carbonyl (C=O) groups is 2. The molecule has 1 aromatic rings. The van der Waals surface area contributed by atoms with Crippen LogP contribution >= 0.6 is 0 Å². The van der Waals surface area contributed by atoms with E-state index in [1.54, 1.807) is 24.4 Å². The summed E-state index contributed by atoms with van der Waals surface area (Å²) in [5.41, 5.74) is 1.46. The Morgan fingerprint density at radius 1 is 1.42 bits per heavy atom. The molecule has 0 spiro atoms. The highest BCUT2D eigenvalue weighted by Gasteiger charge is 2.22.